The minimum Gasteiger partial charge on any atom is -0.265 e. The van der Waals surface area contributed by atoms with Gasteiger partial charge in [0.25, 0.3) is 0 Å². The average molecular weight is 670 g/mol. The first-order valence-electron chi connectivity index (χ1n) is 18.4. The van der Waals surface area contributed by atoms with Crippen LogP contribution in [0, 0.1) is 0 Å². The molecule has 0 saturated heterocycles. The van der Waals surface area contributed by atoms with Gasteiger partial charge in [-0.25, -0.2) is 0 Å². The summed E-state index contributed by atoms with van der Waals surface area (Å²) in [5.74, 6) is 0. The molecule has 1 nitrogen and oxygen atoms in total. The van der Waals surface area contributed by atoms with Crippen molar-refractivity contribution < 1.29 is 0 Å². The highest BCUT2D eigenvalue weighted by atomic mass is 14.6. The zero-order valence-electron chi connectivity index (χ0n) is 28.8. The molecule has 10 aromatic rings. The van der Waals surface area contributed by atoms with Gasteiger partial charge in [-0.1, -0.05) is 146 Å². The molecule has 0 bridgehead atoms. The molecule has 12 rings (SSSR count). The average Bonchev–Trinajstić information content (AvgIpc) is 3.48. The third kappa shape index (κ3) is 3.78. The number of benzene rings is 9. The zero-order valence-corrected chi connectivity index (χ0v) is 28.8. The van der Waals surface area contributed by atoms with E-state index in [2.05, 4.69) is 181 Å². The third-order valence-electron chi connectivity index (χ3n) is 12.1. The molecule has 2 aliphatic carbocycles. The third-order valence-corrected chi connectivity index (χ3v) is 12.1. The molecule has 244 valence electrons. The molecule has 53 heavy (non-hydrogen) atoms. The van der Waals surface area contributed by atoms with Crippen LogP contribution in [0.4, 0.5) is 0 Å². The Morgan fingerprint density at radius 1 is 0.321 bits per heavy atom. The van der Waals surface area contributed by atoms with E-state index in [1.807, 2.05) is 12.4 Å². The highest BCUT2D eigenvalue weighted by Gasteiger charge is 2.50. The van der Waals surface area contributed by atoms with Crippen LogP contribution >= 0.6 is 0 Å². The maximum absolute atomic E-state index is 4.37. The Morgan fingerprint density at radius 3 is 1.60 bits per heavy atom. The highest BCUT2D eigenvalue weighted by Crippen LogP contribution is 2.64. The van der Waals surface area contributed by atoms with Crippen molar-refractivity contribution in [3.05, 3.63) is 211 Å². The summed E-state index contributed by atoms with van der Waals surface area (Å²) >= 11 is 0. The molecule has 9 aromatic carbocycles. The van der Waals surface area contributed by atoms with Crippen LogP contribution in [0.1, 0.15) is 22.3 Å². The quantitative estimate of drug-likeness (QED) is 0.167. The van der Waals surface area contributed by atoms with Crippen molar-refractivity contribution in [3.63, 3.8) is 0 Å². The van der Waals surface area contributed by atoms with Crippen LogP contribution in [0.3, 0.4) is 0 Å². The molecule has 1 aromatic heterocycles. The lowest BCUT2D eigenvalue weighted by Crippen LogP contribution is -2.29. The molecule has 2 aliphatic rings. The monoisotopic (exact) mass is 669 g/mol. The molecule has 0 radical (unpaired) electrons. The Hall–Kier alpha value is -6.83. The van der Waals surface area contributed by atoms with Gasteiger partial charge in [0.15, 0.2) is 0 Å². The van der Waals surface area contributed by atoms with E-state index < -0.39 is 5.41 Å². The van der Waals surface area contributed by atoms with Crippen LogP contribution in [-0.2, 0) is 5.41 Å². The minimum atomic E-state index is -0.617. The summed E-state index contributed by atoms with van der Waals surface area (Å²) in [6.45, 7) is 0. The van der Waals surface area contributed by atoms with Crippen molar-refractivity contribution in [1.82, 2.24) is 4.98 Å². The van der Waals surface area contributed by atoms with Crippen LogP contribution in [0.15, 0.2) is 188 Å². The fourth-order valence-electron chi connectivity index (χ4n) is 9.96. The molecule has 1 heterocycles. The lowest BCUT2D eigenvalue weighted by atomic mass is 9.65. The summed E-state index contributed by atoms with van der Waals surface area (Å²) in [6, 6.07) is 66.3. The predicted molar refractivity (Wildman–Crippen MR) is 221 cm³/mol. The van der Waals surface area contributed by atoms with E-state index in [1.54, 1.807) is 0 Å². The molecule has 0 aliphatic heterocycles. The van der Waals surface area contributed by atoms with Crippen molar-refractivity contribution in [2.45, 2.75) is 5.41 Å². The van der Waals surface area contributed by atoms with Gasteiger partial charge in [-0.2, -0.15) is 0 Å². The highest BCUT2D eigenvalue weighted by molar-refractivity contribution is 6.27. The van der Waals surface area contributed by atoms with E-state index in [1.165, 1.54) is 105 Å². The topological polar surface area (TPSA) is 12.9 Å². The van der Waals surface area contributed by atoms with E-state index in [-0.39, 0.29) is 0 Å². The van der Waals surface area contributed by atoms with Gasteiger partial charge in [0.1, 0.15) is 0 Å². The summed E-state index contributed by atoms with van der Waals surface area (Å²) in [7, 11) is 0. The number of rotatable bonds is 2. The fraction of sp³-hybridized carbons (Fsp3) is 0.0192. The van der Waals surface area contributed by atoms with E-state index >= 15 is 0 Å². The SMILES string of the molecule is c1ccc(-c2ccc3c(c2)C2(c4cc(-c5ccncc5)ccc4-c4ccccc4-3)c3ccccc3-c3c2cc2ccc4cccc5ccc3c2c45)cc1. The number of pyridine rings is 1. The van der Waals surface area contributed by atoms with E-state index in [4.69, 9.17) is 0 Å². The lowest BCUT2D eigenvalue weighted by Gasteiger charge is -2.36. The standard InChI is InChI=1S/C52H31N/c1-2-9-32(10-3-1)36-20-22-41-39-13-4-5-14-40(39)42-23-21-37(33-25-27-53-28-26-33)30-47(42)52(46(41)29-36)45-16-7-6-15-43(45)51-44-24-19-35-12-8-11-34-17-18-38(31-48(51)52)50(44)49(34)35/h1-31H. The van der Waals surface area contributed by atoms with Crippen molar-refractivity contribution in [2.24, 2.45) is 0 Å². The second-order valence-electron chi connectivity index (χ2n) is 14.6. The van der Waals surface area contributed by atoms with Crippen molar-refractivity contribution in [1.29, 1.82) is 0 Å². The molecule has 1 unspecified atom stereocenters. The molecule has 0 saturated carbocycles. The smallest absolute Gasteiger partial charge is 0.0726 e. The molecule has 1 spiro atoms. The number of hydrogen-bond donors (Lipinski definition) is 0. The fourth-order valence-corrected chi connectivity index (χ4v) is 9.96. The van der Waals surface area contributed by atoms with Gasteiger partial charge in [0.2, 0.25) is 0 Å². The van der Waals surface area contributed by atoms with Gasteiger partial charge < -0.3 is 0 Å². The van der Waals surface area contributed by atoms with E-state index in [0.717, 1.165) is 5.56 Å². The molecule has 0 amide bonds. The van der Waals surface area contributed by atoms with Gasteiger partial charge in [0.05, 0.1) is 5.41 Å². The van der Waals surface area contributed by atoms with Crippen molar-refractivity contribution in [2.75, 3.05) is 0 Å². The molecular weight excluding hydrogens is 639 g/mol. The summed E-state index contributed by atoms with van der Waals surface area (Å²) in [5.41, 5.74) is 17.2. The normalized spacial score (nSPS) is 15.2. The van der Waals surface area contributed by atoms with Gasteiger partial charge in [-0.05, 0) is 141 Å². The zero-order chi connectivity index (χ0) is 34.7. The second-order valence-corrected chi connectivity index (χ2v) is 14.6. The Labute approximate surface area is 307 Å². The van der Waals surface area contributed by atoms with Gasteiger partial charge >= 0.3 is 0 Å². The van der Waals surface area contributed by atoms with E-state index in [0.29, 0.717) is 0 Å². The van der Waals surface area contributed by atoms with Crippen LogP contribution < -0.4 is 0 Å². The summed E-state index contributed by atoms with van der Waals surface area (Å²) in [4.78, 5) is 4.37. The van der Waals surface area contributed by atoms with Crippen LogP contribution in [0.5, 0.6) is 0 Å². The molecular formula is C52H31N. The van der Waals surface area contributed by atoms with Crippen LogP contribution in [-0.4, -0.2) is 4.98 Å². The molecule has 0 N–H and O–H groups in total. The summed E-state index contributed by atoms with van der Waals surface area (Å²) in [5, 5.41) is 7.88. The number of fused-ring (bicyclic) bond motifs is 13. The largest absolute Gasteiger partial charge is 0.265 e. The first-order chi connectivity index (χ1) is 26.3. The maximum Gasteiger partial charge on any atom is 0.0726 e. The van der Waals surface area contributed by atoms with Crippen molar-refractivity contribution in [3.8, 4) is 55.6 Å². The minimum absolute atomic E-state index is 0.617. The predicted octanol–water partition coefficient (Wildman–Crippen LogP) is 13.3. The van der Waals surface area contributed by atoms with Crippen LogP contribution in [0.25, 0.3) is 88.0 Å². The molecule has 0 fully saturated rings. The van der Waals surface area contributed by atoms with Crippen molar-refractivity contribution >= 4 is 32.3 Å². The Kier molecular flexibility index (Phi) is 5.77. The molecule has 1 heteroatoms. The first kappa shape index (κ1) is 28.8. The van der Waals surface area contributed by atoms with Gasteiger partial charge in [0, 0.05) is 12.4 Å². The van der Waals surface area contributed by atoms with E-state index in [9.17, 15) is 0 Å². The summed E-state index contributed by atoms with van der Waals surface area (Å²) in [6.07, 6.45) is 3.80. The van der Waals surface area contributed by atoms with Gasteiger partial charge in [-0.3, -0.25) is 4.98 Å². The first-order valence-corrected chi connectivity index (χ1v) is 18.4. The number of hydrogen-bond acceptors (Lipinski definition) is 1. The Morgan fingerprint density at radius 2 is 0.906 bits per heavy atom. The number of aromatic nitrogens is 1. The Balaban J connectivity index is 1.32. The number of nitrogens with zero attached hydrogens (tertiary/aromatic N) is 1. The van der Waals surface area contributed by atoms with Gasteiger partial charge in [-0.15, -0.1) is 0 Å². The summed E-state index contributed by atoms with van der Waals surface area (Å²) < 4.78 is 0. The second kappa shape index (κ2) is 10.6. The van der Waals surface area contributed by atoms with Crippen LogP contribution in [0.2, 0.25) is 0 Å². The Bertz CT molecular complexity index is 2980. The lowest BCUT2D eigenvalue weighted by molar-refractivity contribution is 0.777. The molecule has 1 atom stereocenters. The maximum atomic E-state index is 4.37.